The molecule has 1 rings (SSSR count). The van der Waals surface area contributed by atoms with E-state index in [2.05, 4.69) is 20.8 Å². The minimum Gasteiger partial charge on any atom is -0.412 e. The molecule has 0 amide bonds. The molecule has 0 aliphatic heterocycles. The lowest BCUT2D eigenvalue weighted by atomic mass is 9.93. The van der Waals surface area contributed by atoms with E-state index in [1.165, 1.54) is 37.4 Å². The van der Waals surface area contributed by atoms with Crippen LogP contribution in [0, 0.1) is 0 Å². The van der Waals surface area contributed by atoms with Gasteiger partial charge in [0.15, 0.2) is 8.32 Å². The van der Waals surface area contributed by atoms with Gasteiger partial charge in [-0.1, -0.05) is 33.6 Å². The van der Waals surface area contributed by atoms with Crippen LogP contribution in [-0.4, -0.2) is 20.5 Å². The second-order valence-electron chi connectivity index (χ2n) is 4.85. The fraction of sp³-hybridized carbons (Fsp3) is 1.00. The third-order valence-electron chi connectivity index (χ3n) is 4.09. The Bertz CT molecular complexity index is 174. The smallest absolute Gasteiger partial charge is 0.192 e. The molecule has 0 aromatic rings. The normalized spacial score (nSPS) is 28.0. The van der Waals surface area contributed by atoms with Gasteiger partial charge in [-0.15, -0.1) is 0 Å². The Hall–Kier alpha value is 0.137. The van der Waals surface area contributed by atoms with E-state index in [0.29, 0.717) is 12.1 Å². The second-order valence-corrected chi connectivity index (χ2v) is 9.57. The number of hydrogen-bond acceptors (Lipinski definition) is 2. The lowest BCUT2D eigenvalue weighted by Crippen LogP contribution is -2.48. The summed E-state index contributed by atoms with van der Waals surface area (Å²) in [6.45, 7) is 6.86. The molecule has 0 aromatic heterocycles. The molecule has 0 radical (unpaired) electrons. The highest BCUT2D eigenvalue weighted by Gasteiger charge is 2.34. The van der Waals surface area contributed by atoms with Crippen molar-refractivity contribution in [3.63, 3.8) is 0 Å². The molecule has 2 nitrogen and oxygen atoms in total. The van der Waals surface area contributed by atoms with Crippen molar-refractivity contribution in [1.82, 2.24) is 0 Å². The third-order valence-corrected chi connectivity index (χ3v) is 8.76. The van der Waals surface area contributed by atoms with Gasteiger partial charge in [-0.25, -0.2) is 0 Å². The standard InChI is InChI=1S/C12H27NOSi/c1-4-15(5-2,6-3)14-12-10-8-7-9-11(12)13/h11-12H,4-10,13H2,1-3H3. The SMILES string of the molecule is CC[Si](CC)(CC)OC1CCCCC1N. The first-order valence-corrected chi connectivity index (χ1v) is 9.13. The molecule has 2 unspecified atom stereocenters. The van der Waals surface area contributed by atoms with E-state index in [-0.39, 0.29) is 0 Å². The van der Waals surface area contributed by atoms with Crippen LogP contribution in [0.15, 0.2) is 0 Å². The molecule has 0 spiro atoms. The number of rotatable bonds is 5. The highest BCUT2D eigenvalue weighted by Crippen LogP contribution is 2.28. The van der Waals surface area contributed by atoms with Crippen LogP contribution in [0.1, 0.15) is 46.5 Å². The van der Waals surface area contributed by atoms with Crippen molar-refractivity contribution in [2.45, 2.75) is 76.7 Å². The first-order valence-electron chi connectivity index (χ1n) is 6.60. The van der Waals surface area contributed by atoms with Crippen molar-refractivity contribution < 1.29 is 4.43 Å². The van der Waals surface area contributed by atoms with E-state index in [1.54, 1.807) is 0 Å². The molecule has 0 saturated heterocycles. The van der Waals surface area contributed by atoms with Gasteiger partial charge in [-0.3, -0.25) is 0 Å². The van der Waals surface area contributed by atoms with Crippen molar-refractivity contribution in [1.29, 1.82) is 0 Å². The fourth-order valence-electron chi connectivity index (χ4n) is 2.59. The Morgan fingerprint density at radius 1 is 1.07 bits per heavy atom. The fourth-order valence-corrected chi connectivity index (χ4v) is 5.53. The van der Waals surface area contributed by atoms with Crippen molar-refractivity contribution in [2.24, 2.45) is 5.73 Å². The van der Waals surface area contributed by atoms with Gasteiger partial charge < -0.3 is 10.2 Å². The zero-order chi connectivity index (χ0) is 11.3. The molecular formula is C12H27NOSi. The van der Waals surface area contributed by atoms with Crippen LogP contribution in [0.2, 0.25) is 18.1 Å². The molecule has 1 aliphatic carbocycles. The van der Waals surface area contributed by atoms with Crippen molar-refractivity contribution in [3.8, 4) is 0 Å². The van der Waals surface area contributed by atoms with Crippen molar-refractivity contribution in [3.05, 3.63) is 0 Å². The largest absolute Gasteiger partial charge is 0.412 e. The summed E-state index contributed by atoms with van der Waals surface area (Å²) in [5, 5.41) is 0. The Balaban J connectivity index is 2.56. The van der Waals surface area contributed by atoms with Crippen LogP contribution < -0.4 is 5.73 Å². The summed E-state index contributed by atoms with van der Waals surface area (Å²) in [6, 6.07) is 4.02. The molecular weight excluding hydrogens is 202 g/mol. The van der Waals surface area contributed by atoms with E-state index >= 15 is 0 Å². The molecule has 90 valence electrons. The molecule has 15 heavy (non-hydrogen) atoms. The van der Waals surface area contributed by atoms with Crippen molar-refractivity contribution in [2.75, 3.05) is 0 Å². The lowest BCUT2D eigenvalue weighted by Gasteiger charge is -2.38. The quantitative estimate of drug-likeness (QED) is 0.734. The molecule has 1 saturated carbocycles. The molecule has 1 fully saturated rings. The Labute approximate surface area is 95.7 Å². The summed E-state index contributed by atoms with van der Waals surface area (Å²) in [5.74, 6) is 0. The summed E-state index contributed by atoms with van der Waals surface area (Å²) in [5.41, 5.74) is 6.15. The van der Waals surface area contributed by atoms with Crippen LogP contribution in [0.5, 0.6) is 0 Å². The van der Waals surface area contributed by atoms with Gasteiger partial charge in [0.25, 0.3) is 0 Å². The average molecular weight is 229 g/mol. The molecule has 0 aromatic carbocycles. The summed E-state index contributed by atoms with van der Waals surface area (Å²) in [4.78, 5) is 0. The molecule has 3 heteroatoms. The Morgan fingerprint density at radius 2 is 1.60 bits per heavy atom. The maximum atomic E-state index is 6.45. The van der Waals surface area contributed by atoms with Gasteiger partial charge in [-0.05, 0) is 31.0 Å². The maximum absolute atomic E-state index is 6.45. The molecule has 1 aliphatic rings. The molecule has 2 N–H and O–H groups in total. The molecule has 0 heterocycles. The number of nitrogens with two attached hydrogens (primary N) is 1. The predicted octanol–water partition coefficient (Wildman–Crippen LogP) is 3.28. The van der Waals surface area contributed by atoms with E-state index in [9.17, 15) is 0 Å². The highest BCUT2D eigenvalue weighted by atomic mass is 28.4. The second kappa shape index (κ2) is 6.02. The topological polar surface area (TPSA) is 35.2 Å². The van der Waals surface area contributed by atoms with Crippen LogP contribution in [0.25, 0.3) is 0 Å². The van der Waals surface area contributed by atoms with Gasteiger partial charge >= 0.3 is 0 Å². The van der Waals surface area contributed by atoms with E-state index in [0.717, 1.165) is 6.42 Å². The lowest BCUT2D eigenvalue weighted by molar-refractivity contribution is 0.120. The van der Waals surface area contributed by atoms with Gasteiger partial charge in [0.1, 0.15) is 0 Å². The van der Waals surface area contributed by atoms with Gasteiger partial charge in [0.2, 0.25) is 0 Å². The predicted molar refractivity (Wildman–Crippen MR) is 68.5 cm³/mol. The minimum absolute atomic E-state index is 0.301. The average Bonchev–Trinajstić information content (AvgIpc) is 2.29. The van der Waals surface area contributed by atoms with Gasteiger partial charge in [-0.2, -0.15) is 0 Å². The van der Waals surface area contributed by atoms with Gasteiger partial charge in [0, 0.05) is 6.04 Å². The molecule has 2 atom stereocenters. The monoisotopic (exact) mass is 229 g/mol. The first-order chi connectivity index (χ1) is 7.17. The zero-order valence-electron chi connectivity index (χ0n) is 10.6. The van der Waals surface area contributed by atoms with Crippen LogP contribution in [0.3, 0.4) is 0 Å². The van der Waals surface area contributed by atoms with Gasteiger partial charge in [0.05, 0.1) is 6.10 Å². The van der Waals surface area contributed by atoms with Crippen LogP contribution in [0.4, 0.5) is 0 Å². The third kappa shape index (κ3) is 3.30. The first kappa shape index (κ1) is 13.2. The zero-order valence-corrected chi connectivity index (χ0v) is 11.6. The van der Waals surface area contributed by atoms with E-state index < -0.39 is 8.32 Å². The summed E-state index contributed by atoms with van der Waals surface area (Å²) in [7, 11) is -1.43. The summed E-state index contributed by atoms with van der Waals surface area (Å²) >= 11 is 0. The van der Waals surface area contributed by atoms with E-state index in [1.807, 2.05) is 0 Å². The maximum Gasteiger partial charge on any atom is 0.192 e. The van der Waals surface area contributed by atoms with Crippen LogP contribution >= 0.6 is 0 Å². The Kier molecular flexibility index (Phi) is 5.30. The van der Waals surface area contributed by atoms with Crippen molar-refractivity contribution >= 4 is 8.32 Å². The molecule has 0 bridgehead atoms. The Morgan fingerprint density at radius 3 is 2.07 bits per heavy atom. The summed E-state index contributed by atoms with van der Waals surface area (Å²) < 4.78 is 6.45. The van der Waals surface area contributed by atoms with Crippen LogP contribution in [-0.2, 0) is 4.43 Å². The highest BCUT2D eigenvalue weighted by molar-refractivity contribution is 6.73. The summed E-state index contributed by atoms with van der Waals surface area (Å²) in [6.07, 6.45) is 5.31. The minimum atomic E-state index is -1.43. The van der Waals surface area contributed by atoms with E-state index in [4.69, 9.17) is 10.2 Å². The number of hydrogen-bond donors (Lipinski definition) is 1.